The maximum atomic E-state index is 5.41. The van der Waals surface area contributed by atoms with Crippen LogP contribution in [-0.4, -0.2) is 16.7 Å². The van der Waals surface area contributed by atoms with Crippen molar-refractivity contribution in [2.24, 2.45) is 0 Å². The van der Waals surface area contributed by atoms with Crippen molar-refractivity contribution in [3.8, 4) is 0 Å². The van der Waals surface area contributed by atoms with Crippen LogP contribution in [-0.2, 0) is 6.42 Å². The summed E-state index contributed by atoms with van der Waals surface area (Å²) in [7, 11) is 0. The van der Waals surface area contributed by atoms with Crippen LogP contribution >= 0.6 is 11.3 Å². The first-order valence-corrected chi connectivity index (χ1v) is 6.93. The maximum absolute atomic E-state index is 5.41. The van der Waals surface area contributed by atoms with Gasteiger partial charge >= 0.3 is 0 Å². The largest absolute Gasteiger partial charge is 0.337 e. The summed E-state index contributed by atoms with van der Waals surface area (Å²) in [6.07, 6.45) is 3.52. The minimum absolute atomic E-state index is 0.102. The molecule has 1 aliphatic carbocycles. The zero-order valence-corrected chi connectivity index (χ0v) is 10.2. The summed E-state index contributed by atoms with van der Waals surface area (Å²) >= 11 is 1.82. The molecule has 2 aromatic heterocycles. The van der Waals surface area contributed by atoms with Gasteiger partial charge < -0.3 is 9.84 Å². The summed E-state index contributed by atoms with van der Waals surface area (Å²) in [4.78, 5) is 5.98. The van der Waals surface area contributed by atoms with Gasteiger partial charge in [0.1, 0.15) is 6.04 Å². The Hall–Kier alpha value is -1.20. The Morgan fingerprint density at radius 1 is 1.41 bits per heavy atom. The third kappa shape index (κ3) is 1.61. The Kier molecular flexibility index (Phi) is 2.10. The highest BCUT2D eigenvalue weighted by Gasteiger charge is 2.32. The van der Waals surface area contributed by atoms with Crippen LogP contribution in [0, 0.1) is 0 Å². The van der Waals surface area contributed by atoms with Gasteiger partial charge in [-0.1, -0.05) is 5.16 Å². The number of nitrogens with one attached hydrogen (secondary N) is 1. The van der Waals surface area contributed by atoms with E-state index in [0.717, 1.165) is 24.7 Å². The lowest BCUT2D eigenvalue weighted by molar-refractivity contribution is 0.341. The van der Waals surface area contributed by atoms with Gasteiger partial charge in [0.15, 0.2) is 5.82 Å². The van der Waals surface area contributed by atoms with Crippen LogP contribution in [0.15, 0.2) is 16.0 Å². The number of hydrogen-bond acceptors (Lipinski definition) is 5. The van der Waals surface area contributed by atoms with E-state index in [-0.39, 0.29) is 6.04 Å². The van der Waals surface area contributed by atoms with Gasteiger partial charge in [-0.05, 0) is 36.3 Å². The molecule has 1 unspecified atom stereocenters. The first-order chi connectivity index (χ1) is 8.42. The van der Waals surface area contributed by atoms with E-state index >= 15 is 0 Å². The molecule has 1 atom stereocenters. The summed E-state index contributed by atoms with van der Waals surface area (Å²) < 4.78 is 5.41. The van der Waals surface area contributed by atoms with Crippen molar-refractivity contribution < 1.29 is 4.52 Å². The van der Waals surface area contributed by atoms with E-state index < -0.39 is 0 Å². The van der Waals surface area contributed by atoms with Crippen LogP contribution in [0.1, 0.15) is 47.0 Å². The summed E-state index contributed by atoms with van der Waals surface area (Å²) in [5.74, 6) is 2.17. The molecule has 1 saturated carbocycles. The number of thiophene rings is 1. The highest BCUT2D eigenvalue weighted by atomic mass is 32.1. The van der Waals surface area contributed by atoms with E-state index in [1.165, 1.54) is 23.3 Å². The first-order valence-electron chi connectivity index (χ1n) is 6.05. The molecular formula is C12H13N3OS. The van der Waals surface area contributed by atoms with Crippen molar-refractivity contribution >= 4 is 11.3 Å². The third-order valence-corrected chi connectivity index (χ3v) is 4.43. The van der Waals surface area contributed by atoms with Crippen LogP contribution < -0.4 is 5.32 Å². The summed E-state index contributed by atoms with van der Waals surface area (Å²) in [6.45, 7) is 0.985. The van der Waals surface area contributed by atoms with Crippen LogP contribution in [0.5, 0.6) is 0 Å². The van der Waals surface area contributed by atoms with Gasteiger partial charge in [0.2, 0.25) is 5.89 Å². The van der Waals surface area contributed by atoms with Crippen molar-refractivity contribution in [3.05, 3.63) is 33.6 Å². The normalized spacial score (nSPS) is 23.6. The van der Waals surface area contributed by atoms with Gasteiger partial charge in [-0.25, -0.2) is 0 Å². The number of fused-ring (bicyclic) bond motifs is 1. The molecule has 3 heterocycles. The van der Waals surface area contributed by atoms with Gasteiger partial charge in [0.05, 0.1) is 0 Å². The van der Waals surface area contributed by atoms with Crippen molar-refractivity contribution in [2.75, 3.05) is 6.54 Å². The number of hydrogen-bond donors (Lipinski definition) is 1. The molecule has 0 saturated heterocycles. The smallest absolute Gasteiger partial charge is 0.248 e. The summed E-state index contributed by atoms with van der Waals surface area (Å²) in [6, 6.07) is 2.27. The number of nitrogens with zero attached hydrogens (tertiary/aromatic N) is 2. The minimum Gasteiger partial charge on any atom is -0.337 e. The molecule has 1 N–H and O–H groups in total. The lowest BCUT2D eigenvalue weighted by atomic mass is 10.0. The molecule has 1 aliphatic heterocycles. The van der Waals surface area contributed by atoms with Gasteiger partial charge in [-0.3, -0.25) is 0 Å². The average Bonchev–Trinajstić information content (AvgIpc) is 2.93. The SMILES string of the molecule is c1cc2c(s1)CCNC2c1nc(C2CC2)no1. The first kappa shape index (κ1) is 9.79. The lowest BCUT2D eigenvalue weighted by Crippen LogP contribution is -2.29. The van der Waals surface area contributed by atoms with Crippen LogP contribution in [0.25, 0.3) is 0 Å². The van der Waals surface area contributed by atoms with E-state index in [1.807, 2.05) is 11.3 Å². The highest BCUT2D eigenvalue weighted by molar-refractivity contribution is 7.10. The molecule has 0 bridgehead atoms. The zero-order valence-electron chi connectivity index (χ0n) is 9.35. The molecule has 17 heavy (non-hydrogen) atoms. The minimum atomic E-state index is 0.102. The molecule has 88 valence electrons. The predicted octanol–water partition coefficient (Wildman–Crippen LogP) is 2.24. The molecule has 4 nitrogen and oxygen atoms in total. The molecular weight excluding hydrogens is 234 g/mol. The second-order valence-corrected chi connectivity index (χ2v) is 5.70. The van der Waals surface area contributed by atoms with E-state index in [4.69, 9.17) is 4.52 Å². The van der Waals surface area contributed by atoms with Gasteiger partial charge in [-0.2, -0.15) is 4.98 Å². The van der Waals surface area contributed by atoms with E-state index in [9.17, 15) is 0 Å². The summed E-state index contributed by atoms with van der Waals surface area (Å²) in [5, 5.41) is 9.69. The molecule has 4 rings (SSSR count). The molecule has 1 fully saturated rings. The molecule has 0 amide bonds. The fraction of sp³-hybridized carbons (Fsp3) is 0.500. The fourth-order valence-electron chi connectivity index (χ4n) is 2.34. The molecule has 5 heteroatoms. The second kappa shape index (κ2) is 3.65. The number of aromatic nitrogens is 2. The Labute approximate surface area is 103 Å². The van der Waals surface area contributed by atoms with Crippen LogP contribution in [0.3, 0.4) is 0 Å². The average molecular weight is 247 g/mol. The number of rotatable bonds is 2. The van der Waals surface area contributed by atoms with Crippen molar-refractivity contribution in [3.63, 3.8) is 0 Å². The second-order valence-electron chi connectivity index (χ2n) is 4.70. The topological polar surface area (TPSA) is 51.0 Å². The van der Waals surface area contributed by atoms with Gasteiger partial charge in [-0.15, -0.1) is 11.3 Å². The molecule has 0 radical (unpaired) electrons. The molecule has 2 aromatic rings. The molecule has 0 aromatic carbocycles. The predicted molar refractivity (Wildman–Crippen MR) is 64.1 cm³/mol. The van der Waals surface area contributed by atoms with E-state index in [2.05, 4.69) is 26.9 Å². The quantitative estimate of drug-likeness (QED) is 0.884. The highest BCUT2D eigenvalue weighted by Crippen LogP contribution is 2.39. The van der Waals surface area contributed by atoms with E-state index in [1.54, 1.807) is 0 Å². The Balaban J connectivity index is 1.70. The Morgan fingerprint density at radius 2 is 2.35 bits per heavy atom. The lowest BCUT2D eigenvalue weighted by Gasteiger charge is -2.20. The third-order valence-electron chi connectivity index (χ3n) is 3.44. The maximum Gasteiger partial charge on any atom is 0.248 e. The molecule has 0 spiro atoms. The fourth-order valence-corrected chi connectivity index (χ4v) is 3.26. The standard InChI is InChI=1S/C12H13N3OS/c1-2-7(1)11-14-12(16-15-11)10-8-4-6-17-9(8)3-5-13-10/h4,6-7,10,13H,1-3,5H2. The molecule has 2 aliphatic rings. The summed E-state index contributed by atoms with van der Waals surface area (Å²) in [5.41, 5.74) is 1.31. The Bertz CT molecular complexity index is 543. The van der Waals surface area contributed by atoms with Crippen molar-refractivity contribution in [1.82, 2.24) is 15.5 Å². The van der Waals surface area contributed by atoms with Crippen LogP contribution in [0.2, 0.25) is 0 Å². The van der Waals surface area contributed by atoms with E-state index in [0.29, 0.717) is 5.92 Å². The van der Waals surface area contributed by atoms with Crippen LogP contribution in [0.4, 0.5) is 0 Å². The Morgan fingerprint density at radius 3 is 3.24 bits per heavy atom. The monoisotopic (exact) mass is 247 g/mol. The van der Waals surface area contributed by atoms with Gasteiger partial charge in [0, 0.05) is 17.3 Å². The van der Waals surface area contributed by atoms with Crippen molar-refractivity contribution in [1.29, 1.82) is 0 Å². The van der Waals surface area contributed by atoms with Crippen molar-refractivity contribution in [2.45, 2.75) is 31.2 Å². The van der Waals surface area contributed by atoms with Gasteiger partial charge in [0.25, 0.3) is 0 Å². The zero-order chi connectivity index (χ0) is 11.2.